The van der Waals surface area contributed by atoms with Crippen LogP contribution in [0, 0.1) is 11.8 Å². The summed E-state index contributed by atoms with van der Waals surface area (Å²) in [5.41, 5.74) is 2.54. The maximum absolute atomic E-state index is 13.0. The predicted octanol–water partition coefficient (Wildman–Crippen LogP) is 2.97. The average Bonchev–Trinajstić information content (AvgIpc) is 3.28. The largest absolute Gasteiger partial charge is 0.355 e. The summed E-state index contributed by atoms with van der Waals surface area (Å²) in [7, 11) is 0. The summed E-state index contributed by atoms with van der Waals surface area (Å²) in [5.74, 6) is 0.851. The highest BCUT2D eigenvalue weighted by Gasteiger charge is 2.32. The van der Waals surface area contributed by atoms with Gasteiger partial charge >= 0.3 is 0 Å². The Morgan fingerprint density at radius 2 is 1.73 bits per heavy atom. The van der Waals surface area contributed by atoms with Gasteiger partial charge in [-0.15, -0.1) is 0 Å². The topological polar surface area (TPSA) is 48.5 Å². The Bertz CT molecular complexity index is 776. The number of nitrogens with zero attached hydrogens (tertiary/aromatic N) is 3. The van der Waals surface area contributed by atoms with Crippen molar-refractivity contribution in [1.29, 1.82) is 0 Å². The number of likely N-dealkylation sites (tertiary alicyclic amines) is 2. The number of hydrogen-bond acceptors (Lipinski definition) is 4. The molecule has 0 unspecified atom stereocenters. The standard InChI is InChI=1S/C25H34N4O/c30-25(27-13-10-21-6-2-1-3-7-21)24-16-23(18-28-14-4-5-15-28)19-29(20-24)17-22-8-11-26-12-9-22/h1-3,6-9,11-12,23-24H,4-5,10,13-20H2,(H,27,30)/t23-,24-/m1/s1. The smallest absolute Gasteiger partial charge is 0.224 e. The number of hydrogen-bond donors (Lipinski definition) is 1. The van der Waals surface area contributed by atoms with Gasteiger partial charge in [0, 0.05) is 45.1 Å². The third kappa shape index (κ3) is 6.13. The van der Waals surface area contributed by atoms with Crippen molar-refractivity contribution >= 4 is 5.91 Å². The van der Waals surface area contributed by atoms with Gasteiger partial charge in [-0.25, -0.2) is 0 Å². The number of carbonyl (C=O) groups excluding carboxylic acids is 1. The van der Waals surface area contributed by atoms with Crippen molar-refractivity contribution in [2.45, 2.75) is 32.2 Å². The average molecular weight is 407 g/mol. The molecule has 3 heterocycles. The molecule has 0 saturated carbocycles. The molecule has 2 fully saturated rings. The fourth-order valence-electron chi connectivity index (χ4n) is 4.95. The third-order valence-electron chi connectivity index (χ3n) is 6.41. The summed E-state index contributed by atoms with van der Waals surface area (Å²) < 4.78 is 0. The van der Waals surface area contributed by atoms with Gasteiger partial charge in [-0.3, -0.25) is 14.7 Å². The van der Waals surface area contributed by atoms with E-state index >= 15 is 0 Å². The van der Waals surface area contributed by atoms with Gasteiger partial charge in [0.1, 0.15) is 0 Å². The number of rotatable bonds is 8. The van der Waals surface area contributed by atoms with E-state index in [0.717, 1.165) is 39.0 Å². The Hall–Kier alpha value is -2.24. The monoisotopic (exact) mass is 406 g/mol. The first-order valence-corrected chi connectivity index (χ1v) is 11.4. The molecule has 2 saturated heterocycles. The first-order chi connectivity index (χ1) is 14.8. The van der Waals surface area contributed by atoms with Crippen LogP contribution in [0.25, 0.3) is 0 Å². The van der Waals surface area contributed by atoms with E-state index in [-0.39, 0.29) is 11.8 Å². The number of piperidine rings is 1. The fraction of sp³-hybridized carbons (Fsp3) is 0.520. The number of pyridine rings is 1. The summed E-state index contributed by atoms with van der Waals surface area (Å²) in [6.45, 7) is 7.08. The van der Waals surface area contributed by atoms with Gasteiger partial charge in [0.25, 0.3) is 0 Å². The molecule has 160 valence electrons. The van der Waals surface area contributed by atoms with Gasteiger partial charge in [-0.1, -0.05) is 30.3 Å². The van der Waals surface area contributed by atoms with Crippen molar-refractivity contribution < 1.29 is 4.79 Å². The zero-order chi connectivity index (χ0) is 20.6. The molecule has 1 N–H and O–H groups in total. The molecule has 0 bridgehead atoms. The van der Waals surface area contributed by atoms with E-state index in [0.29, 0.717) is 12.5 Å². The second-order valence-corrected chi connectivity index (χ2v) is 8.88. The van der Waals surface area contributed by atoms with Crippen LogP contribution in [-0.2, 0) is 17.8 Å². The summed E-state index contributed by atoms with van der Waals surface area (Å²) in [4.78, 5) is 22.2. The number of aromatic nitrogens is 1. The second-order valence-electron chi connectivity index (χ2n) is 8.88. The van der Waals surface area contributed by atoms with E-state index in [4.69, 9.17) is 0 Å². The molecule has 2 atom stereocenters. The minimum Gasteiger partial charge on any atom is -0.355 e. The van der Waals surface area contributed by atoms with Gasteiger partial charge in [-0.2, -0.15) is 0 Å². The van der Waals surface area contributed by atoms with Crippen LogP contribution in [0.3, 0.4) is 0 Å². The Labute approximate surface area is 180 Å². The predicted molar refractivity (Wildman–Crippen MR) is 120 cm³/mol. The molecule has 30 heavy (non-hydrogen) atoms. The molecule has 0 spiro atoms. The maximum atomic E-state index is 13.0. The van der Waals surface area contributed by atoms with Crippen molar-refractivity contribution in [1.82, 2.24) is 20.1 Å². The molecule has 1 aromatic carbocycles. The van der Waals surface area contributed by atoms with Crippen LogP contribution >= 0.6 is 0 Å². The summed E-state index contributed by atoms with van der Waals surface area (Å²) in [6.07, 6.45) is 8.23. The van der Waals surface area contributed by atoms with Crippen LogP contribution in [0.4, 0.5) is 0 Å². The zero-order valence-electron chi connectivity index (χ0n) is 17.9. The van der Waals surface area contributed by atoms with Crippen LogP contribution in [0.1, 0.15) is 30.4 Å². The second kappa shape index (κ2) is 10.7. The highest BCUT2D eigenvalue weighted by Crippen LogP contribution is 2.25. The van der Waals surface area contributed by atoms with Crippen molar-refractivity contribution in [2.75, 3.05) is 39.3 Å². The van der Waals surface area contributed by atoms with E-state index in [1.54, 1.807) is 0 Å². The summed E-state index contributed by atoms with van der Waals surface area (Å²) in [6, 6.07) is 14.5. The van der Waals surface area contributed by atoms with Crippen LogP contribution in [0.2, 0.25) is 0 Å². The number of carbonyl (C=O) groups is 1. The lowest BCUT2D eigenvalue weighted by molar-refractivity contribution is -0.127. The molecule has 2 aromatic rings. The lowest BCUT2D eigenvalue weighted by Gasteiger charge is -2.38. The molecule has 0 aliphatic carbocycles. The lowest BCUT2D eigenvalue weighted by Crippen LogP contribution is -2.48. The minimum atomic E-state index is 0.0731. The van der Waals surface area contributed by atoms with Crippen molar-refractivity contribution in [3.05, 3.63) is 66.0 Å². The van der Waals surface area contributed by atoms with E-state index < -0.39 is 0 Å². The Kier molecular flexibility index (Phi) is 7.49. The minimum absolute atomic E-state index is 0.0731. The molecule has 5 heteroatoms. The number of nitrogens with one attached hydrogen (secondary N) is 1. The highest BCUT2D eigenvalue weighted by atomic mass is 16.1. The Balaban J connectivity index is 1.34. The fourth-order valence-corrected chi connectivity index (χ4v) is 4.95. The summed E-state index contributed by atoms with van der Waals surface area (Å²) >= 11 is 0. The van der Waals surface area contributed by atoms with Crippen molar-refractivity contribution in [3.8, 4) is 0 Å². The van der Waals surface area contributed by atoms with Gasteiger partial charge in [0.15, 0.2) is 0 Å². The van der Waals surface area contributed by atoms with E-state index in [9.17, 15) is 4.79 Å². The van der Waals surface area contributed by atoms with Crippen LogP contribution < -0.4 is 5.32 Å². The molecule has 0 radical (unpaired) electrons. The quantitative estimate of drug-likeness (QED) is 0.732. The van der Waals surface area contributed by atoms with Crippen LogP contribution in [0.5, 0.6) is 0 Å². The summed E-state index contributed by atoms with van der Waals surface area (Å²) in [5, 5.41) is 3.21. The number of amides is 1. The van der Waals surface area contributed by atoms with E-state index in [1.165, 1.54) is 37.1 Å². The first-order valence-electron chi connectivity index (χ1n) is 11.4. The SMILES string of the molecule is O=C(NCCc1ccccc1)[C@@H]1C[C@H](CN2CCCC2)CN(Cc2ccncc2)C1. The lowest BCUT2D eigenvalue weighted by atomic mass is 9.87. The third-order valence-corrected chi connectivity index (χ3v) is 6.41. The van der Waals surface area contributed by atoms with Crippen molar-refractivity contribution in [3.63, 3.8) is 0 Å². The zero-order valence-corrected chi connectivity index (χ0v) is 17.9. The maximum Gasteiger partial charge on any atom is 0.224 e. The molecule has 4 rings (SSSR count). The van der Waals surface area contributed by atoms with E-state index in [2.05, 4.69) is 56.5 Å². The van der Waals surface area contributed by atoms with Crippen LogP contribution in [-0.4, -0.2) is 60.0 Å². The van der Waals surface area contributed by atoms with Gasteiger partial charge in [-0.05, 0) is 68.0 Å². The van der Waals surface area contributed by atoms with Crippen LogP contribution in [0.15, 0.2) is 54.9 Å². The van der Waals surface area contributed by atoms with Crippen molar-refractivity contribution in [2.24, 2.45) is 11.8 Å². The molecule has 2 aliphatic heterocycles. The molecule has 1 amide bonds. The Morgan fingerprint density at radius 3 is 2.50 bits per heavy atom. The first kappa shape index (κ1) is 21.0. The Morgan fingerprint density at radius 1 is 0.967 bits per heavy atom. The molecular formula is C25H34N4O. The normalized spacial score (nSPS) is 22.8. The molecule has 2 aliphatic rings. The van der Waals surface area contributed by atoms with Gasteiger partial charge in [0.2, 0.25) is 5.91 Å². The number of benzene rings is 1. The molecule has 1 aromatic heterocycles. The van der Waals surface area contributed by atoms with E-state index in [1.807, 2.05) is 18.5 Å². The molecule has 5 nitrogen and oxygen atoms in total. The highest BCUT2D eigenvalue weighted by molar-refractivity contribution is 5.79. The van der Waals surface area contributed by atoms with Gasteiger partial charge < -0.3 is 10.2 Å². The molecular weight excluding hydrogens is 372 g/mol. The van der Waals surface area contributed by atoms with Gasteiger partial charge in [0.05, 0.1) is 5.92 Å².